The summed E-state index contributed by atoms with van der Waals surface area (Å²) in [6.07, 6.45) is 3.38. The minimum atomic E-state index is -1.52. The molecule has 0 spiro atoms. The standard InChI is InChI=1S/C22H26N6O5/c1-4-8-33-22(32)28-13-19(25-14(28)2)26-21(31)18(29)11-23-20(30)16-7-5-6-15(9-16)17-10-24-27(3)12-17/h5-7,9-10,12-13,18,29H,4,8,11H2,1-3H3,(H,23,30)(H,26,31). The Bertz CT molecular complexity index is 1150. The van der Waals surface area contributed by atoms with Gasteiger partial charge in [0.1, 0.15) is 11.9 Å². The number of aryl methyl sites for hydroxylation is 2. The number of nitrogens with one attached hydrogen (secondary N) is 2. The van der Waals surface area contributed by atoms with Gasteiger partial charge in [0.25, 0.3) is 11.8 Å². The number of aliphatic hydroxyl groups excluding tert-OH is 1. The minimum absolute atomic E-state index is 0.0838. The molecule has 1 aromatic carbocycles. The number of rotatable bonds is 8. The van der Waals surface area contributed by atoms with Crippen LogP contribution in [0.25, 0.3) is 11.1 Å². The van der Waals surface area contributed by atoms with Crippen LogP contribution in [-0.2, 0) is 16.6 Å². The Morgan fingerprint density at radius 1 is 1.21 bits per heavy atom. The van der Waals surface area contributed by atoms with Gasteiger partial charge in [-0.25, -0.2) is 14.3 Å². The predicted octanol–water partition coefficient (Wildman–Crippen LogP) is 1.72. The molecule has 2 amide bonds. The Labute approximate surface area is 190 Å². The van der Waals surface area contributed by atoms with Crippen LogP contribution in [0.4, 0.5) is 10.6 Å². The van der Waals surface area contributed by atoms with Crippen molar-refractivity contribution in [3.8, 4) is 11.1 Å². The molecule has 2 heterocycles. The van der Waals surface area contributed by atoms with Crippen molar-refractivity contribution in [2.75, 3.05) is 18.5 Å². The summed E-state index contributed by atoms with van der Waals surface area (Å²) >= 11 is 0. The van der Waals surface area contributed by atoms with Crippen molar-refractivity contribution in [2.24, 2.45) is 7.05 Å². The highest BCUT2D eigenvalue weighted by Gasteiger charge is 2.20. The van der Waals surface area contributed by atoms with Gasteiger partial charge in [0.2, 0.25) is 0 Å². The highest BCUT2D eigenvalue weighted by Crippen LogP contribution is 2.19. The van der Waals surface area contributed by atoms with Crippen molar-refractivity contribution >= 4 is 23.7 Å². The average Bonchev–Trinajstić information content (AvgIpc) is 3.40. The lowest BCUT2D eigenvalue weighted by atomic mass is 10.1. The Morgan fingerprint density at radius 2 is 2.00 bits per heavy atom. The molecule has 11 heteroatoms. The molecule has 0 fully saturated rings. The molecular formula is C22H26N6O5. The summed E-state index contributed by atoms with van der Waals surface area (Å²) in [5.74, 6) is -0.805. The molecule has 0 saturated carbocycles. The van der Waals surface area contributed by atoms with E-state index in [0.29, 0.717) is 17.8 Å². The van der Waals surface area contributed by atoms with Crippen molar-refractivity contribution in [3.63, 3.8) is 0 Å². The Balaban J connectivity index is 1.55. The molecule has 33 heavy (non-hydrogen) atoms. The average molecular weight is 454 g/mol. The molecule has 3 aromatic rings. The third-order valence-corrected chi connectivity index (χ3v) is 4.68. The van der Waals surface area contributed by atoms with Crippen LogP contribution in [0.1, 0.15) is 29.5 Å². The first-order valence-corrected chi connectivity index (χ1v) is 10.4. The molecule has 1 unspecified atom stereocenters. The van der Waals surface area contributed by atoms with Gasteiger partial charge in [-0.3, -0.25) is 14.3 Å². The third kappa shape index (κ3) is 6.04. The summed E-state index contributed by atoms with van der Waals surface area (Å²) in [4.78, 5) is 40.8. The number of carbonyl (C=O) groups is 3. The molecule has 0 radical (unpaired) electrons. The van der Waals surface area contributed by atoms with Gasteiger partial charge in [-0.05, 0) is 31.0 Å². The van der Waals surface area contributed by atoms with Gasteiger partial charge in [-0.2, -0.15) is 5.10 Å². The van der Waals surface area contributed by atoms with Crippen LogP contribution in [0.2, 0.25) is 0 Å². The first-order valence-electron chi connectivity index (χ1n) is 10.4. The lowest BCUT2D eigenvalue weighted by Gasteiger charge is -2.11. The maximum Gasteiger partial charge on any atom is 0.419 e. The van der Waals surface area contributed by atoms with Crippen LogP contribution in [-0.4, -0.2) is 61.6 Å². The maximum absolute atomic E-state index is 12.5. The molecular weight excluding hydrogens is 428 g/mol. The molecule has 1 atom stereocenters. The van der Waals surface area contributed by atoms with Gasteiger partial charge in [-0.15, -0.1) is 0 Å². The van der Waals surface area contributed by atoms with E-state index in [4.69, 9.17) is 4.74 Å². The van der Waals surface area contributed by atoms with Crippen LogP contribution in [0.15, 0.2) is 42.9 Å². The van der Waals surface area contributed by atoms with Crippen molar-refractivity contribution < 1.29 is 24.2 Å². The normalized spacial score (nSPS) is 11.6. The summed E-state index contributed by atoms with van der Waals surface area (Å²) in [6, 6.07) is 6.93. The zero-order valence-corrected chi connectivity index (χ0v) is 18.6. The van der Waals surface area contributed by atoms with E-state index >= 15 is 0 Å². The zero-order valence-electron chi connectivity index (χ0n) is 18.6. The lowest BCUT2D eigenvalue weighted by Crippen LogP contribution is -2.39. The number of hydrogen-bond donors (Lipinski definition) is 3. The Hall–Kier alpha value is -3.99. The summed E-state index contributed by atoms with van der Waals surface area (Å²) in [5, 5.41) is 19.2. The lowest BCUT2D eigenvalue weighted by molar-refractivity contribution is -0.123. The number of aliphatic hydroxyl groups is 1. The molecule has 2 aromatic heterocycles. The largest absolute Gasteiger partial charge is 0.449 e. The van der Waals surface area contributed by atoms with Crippen LogP contribution in [0.3, 0.4) is 0 Å². The van der Waals surface area contributed by atoms with Crippen molar-refractivity contribution in [3.05, 3.63) is 54.2 Å². The second-order valence-corrected chi connectivity index (χ2v) is 7.36. The van der Waals surface area contributed by atoms with E-state index in [1.807, 2.05) is 19.2 Å². The van der Waals surface area contributed by atoms with E-state index in [0.717, 1.165) is 15.7 Å². The van der Waals surface area contributed by atoms with Crippen LogP contribution < -0.4 is 10.6 Å². The van der Waals surface area contributed by atoms with Crippen LogP contribution in [0, 0.1) is 6.92 Å². The van der Waals surface area contributed by atoms with Crippen LogP contribution in [0.5, 0.6) is 0 Å². The molecule has 11 nitrogen and oxygen atoms in total. The van der Waals surface area contributed by atoms with E-state index in [9.17, 15) is 19.5 Å². The van der Waals surface area contributed by atoms with Crippen molar-refractivity contribution in [1.29, 1.82) is 0 Å². The molecule has 0 aliphatic carbocycles. The molecule has 3 rings (SSSR count). The van der Waals surface area contributed by atoms with E-state index in [1.165, 1.54) is 6.20 Å². The van der Waals surface area contributed by atoms with Crippen molar-refractivity contribution in [2.45, 2.75) is 26.4 Å². The highest BCUT2D eigenvalue weighted by atomic mass is 16.5. The quantitative estimate of drug-likeness (QED) is 0.471. The summed E-state index contributed by atoms with van der Waals surface area (Å²) in [6.45, 7) is 3.41. The van der Waals surface area contributed by atoms with Gasteiger partial charge >= 0.3 is 6.09 Å². The zero-order chi connectivity index (χ0) is 24.0. The van der Waals surface area contributed by atoms with Gasteiger partial charge in [0.05, 0.1) is 25.5 Å². The first kappa shape index (κ1) is 23.7. The number of carbonyl (C=O) groups excluding carboxylic acids is 3. The monoisotopic (exact) mass is 454 g/mol. The van der Waals surface area contributed by atoms with Gasteiger partial charge in [0, 0.05) is 24.4 Å². The number of amides is 2. The molecule has 0 bridgehead atoms. The second-order valence-electron chi connectivity index (χ2n) is 7.36. The number of benzene rings is 1. The molecule has 0 saturated heterocycles. The second kappa shape index (κ2) is 10.6. The summed E-state index contributed by atoms with van der Waals surface area (Å²) in [5.41, 5.74) is 2.06. The fraction of sp³-hybridized carbons (Fsp3) is 0.318. The van der Waals surface area contributed by atoms with E-state index < -0.39 is 24.0 Å². The van der Waals surface area contributed by atoms with Crippen molar-refractivity contribution in [1.82, 2.24) is 24.6 Å². The minimum Gasteiger partial charge on any atom is -0.449 e. The molecule has 0 aliphatic rings. The summed E-state index contributed by atoms with van der Waals surface area (Å²) < 4.78 is 7.86. The van der Waals surface area contributed by atoms with Gasteiger partial charge in [0.15, 0.2) is 5.82 Å². The smallest absolute Gasteiger partial charge is 0.419 e. The fourth-order valence-corrected chi connectivity index (χ4v) is 2.98. The highest BCUT2D eigenvalue weighted by molar-refractivity contribution is 5.97. The van der Waals surface area contributed by atoms with Gasteiger partial charge < -0.3 is 20.5 Å². The van der Waals surface area contributed by atoms with E-state index in [1.54, 1.807) is 43.0 Å². The number of ether oxygens (including phenoxy) is 1. The molecule has 174 valence electrons. The van der Waals surface area contributed by atoms with E-state index in [-0.39, 0.29) is 19.0 Å². The SMILES string of the molecule is CCCOC(=O)n1cc(NC(=O)C(O)CNC(=O)c2cccc(-c3cnn(C)c3)c2)nc1C. The first-order chi connectivity index (χ1) is 15.8. The third-order valence-electron chi connectivity index (χ3n) is 4.68. The van der Waals surface area contributed by atoms with E-state index in [2.05, 4.69) is 20.7 Å². The number of aromatic nitrogens is 4. The maximum atomic E-state index is 12.5. The number of nitrogens with zero attached hydrogens (tertiary/aromatic N) is 4. The number of anilines is 1. The number of hydrogen-bond acceptors (Lipinski definition) is 7. The fourth-order valence-electron chi connectivity index (χ4n) is 2.98. The van der Waals surface area contributed by atoms with Gasteiger partial charge in [-0.1, -0.05) is 19.1 Å². The Kier molecular flexibility index (Phi) is 7.57. The topological polar surface area (TPSA) is 140 Å². The van der Waals surface area contributed by atoms with Crippen LogP contribution >= 0.6 is 0 Å². The number of imidazole rings is 1. The predicted molar refractivity (Wildman–Crippen MR) is 120 cm³/mol. The summed E-state index contributed by atoms with van der Waals surface area (Å²) in [7, 11) is 1.80. The molecule has 0 aliphatic heterocycles. The Morgan fingerprint density at radius 3 is 2.70 bits per heavy atom. The molecule has 3 N–H and O–H groups in total.